The molecule has 0 bridgehead atoms. The van der Waals surface area contributed by atoms with Gasteiger partial charge in [0.2, 0.25) is 0 Å². The number of anilines is 1. The Hall–Kier alpha value is -3.27. The molecule has 0 aliphatic heterocycles. The third kappa shape index (κ3) is 5.11. The predicted molar refractivity (Wildman–Crippen MR) is 97.3 cm³/mol. The highest BCUT2D eigenvalue weighted by Crippen LogP contribution is 2.28. The minimum Gasteiger partial charge on any atom is -0.494 e. The molecular weight excluding hydrogens is 376 g/mol. The monoisotopic (exact) mass is 392 g/mol. The lowest BCUT2D eigenvalue weighted by molar-refractivity contribution is -0.384. The Kier molecular flexibility index (Phi) is 6.61. The minimum absolute atomic E-state index is 0.0931. The van der Waals surface area contributed by atoms with Crippen LogP contribution in [0.1, 0.15) is 10.4 Å². The first kappa shape index (κ1) is 20.0. The summed E-state index contributed by atoms with van der Waals surface area (Å²) in [4.78, 5) is 34.6. The standard InChI is InChI=1S/C17H16N2O7S/c1-25-14-9-11(19(22)23)7-8-13(14)18-16(20)10-26-17(21)12-5-3-4-6-15(12)27(2)24/h3-9H,10H2,1-2H3,(H,18,20)/t27-/m1/s1. The number of hydrogen-bond donors (Lipinski definition) is 1. The van der Waals surface area contributed by atoms with Crippen LogP contribution in [-0.4, -0.2) is 41.0 Å². The Balaban J connectivity index is 2.04. The zero-order valence-electron chi connectivity index (χ0n) is 14.5. The van der Waals surface area contributed by atoms with Gasteiger partial charge >= 0.3 is 5.97 Å². The van der Waals surface area contributed by atoms with Crippen molar-refractivity contribution in [3.05, 3.63) is 58.1 Å². The van der Waals surface area contributed by atoms with Gasteiger partial charge in [0.05, 0.1) is 45.0 Å². The van der Waals surface area contributed by atoms with Crippen LogP contribution in [-0.2, 0) is 20.3 Å². The zero-order valence-corrected chi connectivity index (χ0v) is 15.3. The molecule has 0 fully saturated rings. The molecule has 1 atom stereocenters. The summed E-state index contributed by atoms with van der Waals surface area (Å²) < 4.78 is 21.6. The van der Waals surface area contributed by atoms with Crippen LogP contribution in [0.5, 0.6) is 5.75 Å². The minimum atomic E-state index is -1.39. The number of hydrogen-bond acceptors (Lipinski definition) is 7. The summed E-state index contributed by atoms with van der Waals surface area (Å²) in [6, 6.07) is 9.90. The number of benzene rings is 2. The van der Waals surface area contributed by atoms with Gasteiger partial charge in [-0.3, -0.25) is 19.1 Å². The van der Waals surface area contributed by atoms with E-state index in [2.05, 4.69) is 5.32 Å². The highest BCUT2D eigenvalue weighted by atomic mass is 32.2. The van der Waals surface area contributed by atoms with Crippen molar-refractivity contribution in [1.82, 2.24) is 0 Å². The van der Waals surface area contributed by atoms with Crippen molar-refractivity contribution in [3.8, 4) is 5.75 Å². The molecule has 0 aliphatic rings. The second-order valence-corrected chi connectivity index (χ2v) is 6.56. The second kappa shape index (κ2) is 8.90. The number of esters is 1. The maximum Gasteiger partial charge on any atom is 0.339 e. The van der Waals surface area contributed by atoms with Crippen LogP contribution >= 0.6 is 0 Å². The van der Waals surface area contributed by atoms with Gasteiger partial charge in [0.15, 0.2) is 6.61 Å². The number of nitrogens with one attached hydrogen (secondary N) is 1. The van der Waals surface area contributed by atoms with Crippen molar-refractivity contribution in [1.29, 1.82) is 0 Å². The maximum absolute atomic E-state index is 12.1. The normalized spacial score (nSPS) is 11.3. The Morgan fingerprint density at radius 1 is 1.22 bits per heavy atom. The second-order valence-electron chi connectivity index (χ2n) is 5.22. The first-order valence-electron chi connectivity index (χ1n) is 7.55. The maximum atomic E-state index is 12.1. The highest BCUT2D eigenvalue weighted by molar-refractivity contribution is 7.84. The van der Waals surface area contributed by atoms with E-state index in [0.29, 0.717) is 4.90 Å². The lowest BCUT2D eigenvalue weighted by atomic mass is 10.2. The van der Waals surface area contributed by atoms with Crippen molar-refractivity contribution in [2.75, 3.05) is 25.3 Å². The van der Waals surface area contributed by atoms with E-state index < -0.39 is 34.2 Å². The molecule has 27 heavy (non-hydrogen) atoms. The lowest BCUT2D eigenvalue weighted by Crippen LogP contribution is -2.21. The third-order valence-corrected chi connectivity index (χ3v) is 4.40. The number of rotatable bonds is 7. The van der Waals surface area contributed by atoms with Crippen LogP contribution in [0.2, 0.25) is 0 Å². The summed E-state index contributed by atoms with van der Waals surface area (Å²) in [6.45, 7) is -0.594. The van der Waals surface area contributed by atoms with E-state index in [1.54, 1.807) is 12.1 Å². The number of nitrogens with zero attached hydrogens (tertiary/aromatic N) is 1. The summed E-state index contributed by atoms with van der Waals surface area (Å²) in [6.07, 6.45) is 1.43. The molecule has 2 aromatic carbocycles. The van der Waals surface area contributed by atoms with E-state index in [1.807, 2.05) is 0 Å². The Morgan fingerprint density at radius 3 is 2.56 bits per heavy atom. The molecule has 142 valence electrons. The lowest BCUT2D eigenvalue weighted by Gasteiger charge is -2.11. The van der Waals surface area contributed by atoms with Gasteiger partial charge in [-0.05, 0) is 18.2 Å². The number of nitro benzene ring substituents is 1. The fraction of sp³-hybridized carbons (Fsp3) is 0.176. The van der Waals surface area contributed by atoms with Crippen molar-refractivity contribution in [2.45, 2.75) is 4.90 Å². The Morgan fingerprint density at radius 2 is 1.93 bits per heavy atom. The molecule has 2 rings (SSSR count). The molecule has 0 saturated carbocycles. The van der Waals surface area contributed by atoms with Crippen molar-refractivity contribution >= 4 is 34.1 Å². The molecule has 0 aliphatic carbocycles. The summed E-state index contributed by atoms with van der Waals surface area (Å²) in [5.41, 5.74) is 0.110. The number of ether oxygens (including phenoxy) is 2. The number of carbonyl (C=O) groups is 2. The van der Waals surface area contributed by atoms with Crippen LogP contribution in [0.15, 0.2) is 47.4 Å². The number of amides is 1. The smallest absolute Gasteiger partial charge is 0.339 e. The number of carbonyl (C=O) groups excluding carboxylic acids is 2. The van der Waals surface area contributed by atoms with E-state index in [-0.39, 0.29) is 22.7 Å². The largest absolute Gasteiger partial charge is 0.494 e. The molecule has 10 heteroatoms. The van der Waals surface area contributed by atoms with Crippen molar-refractivity contribution < 1.29 is 28.2 Å². The van der Waals surface area contributed by atoms with E-state index in [4.69, 9.17) is 9.47 Å². The molecule has 0 unspecified atom stereocenters. The van der Waals surface area contributed by atoms with E-state index in [0.717, 1.165) is 6.07 Å². The highest BCUT2D eigenvalue weighted by Gasteiger charge is 2.17. The molecular formula is C17H16N2O7S. The zero-order chi connectivity index (χ0) is 20.0. The van der Waals surface area contributed by atoms with Gasteiger partial charge in [-0.25, -0.2) is 4.79 Å². The van der Waals surface area contributed by atoms with Crippen LogP contribution < -0.4 is 10.1 Å². The average Bonchev–Trinajstić information content (AvgIpc) is 2.66. The van der Waals surface area contributed by atoms with Gasteiger partial charge < -0.3 is 14.8 Å². The SMILES string of the molecule is COc1cc([N+](=O)[O-])ccc1NC(=O)COC(=O)c1ccccc1[S@@](C)=O. The van der Waals surface area contributed by atoms with Crippen LogP contribution in [0.4, 0.5) is 11.4 Å². The molecule has 0 saturated heterocycles. The van der Waals surface area contributed by atoms with Crippen molar-refractivity contribution in [3.63, 3.8) is 0 Å². The topological polar surface area (TPSA) is 125 Å². The van der Waals surface area contributed by atoms with Gasteiger partial charge in [0, 0.05) is 12.3 Å². The first-order valence-corrected chi connectivity index (χ1v) is 9.11. The number of nitro groups is 1. The van der Waals surface area contributed by atoms with Gasteiger partial charge in [-0.2, -0.15) is 0 Å². The summed E-state index contributed by atoms with van der Waals surface area (Å²) in [5.74, 6) is -1.35. The van der Waals surface area contributed by atoms with Gasteiger partial charge in [0.1, 0.15) is 5.75 Å². The molecule has 0 heterocycles. The number of methoxy groups -OCH3 is 1. The molecule has 1 amide bonds. The fourth-order valence-corrected chi connectivity index (χ4v) is 2.91. The summed E-state index contributed by atoms with van der Waals surface area (Å²) in [7, 11) is -0.0883. The van der Waals surface area contributed by atoms with E-state index >= 15 is 0 Å². The summed E-state index contributed by atoms with van der Waals surface area (Å²) >= 11 is 0. The third-order valence-electron chi connectivity index (χ3n) is 3.42. The molecule has 0 aromatic heterocycles. The fourth-order valence-electron chi connectivity index (χ4n) is 2.18. The molecule has 0 radical (unpaired) electrons. The molecule has 1 N–H and O–H groups in total. The summed E-state index contributed by atoms with van der Waals surface area (Å²) in [5, 5.41) is 13.2. The Bertz CT molecular complexity index is 914. The first-order chi connectivity index (χ1) is 12.8. The van der Waals surface area contributed by atoms with Gasteiger partial charge in [-0.1, -0.05) is 12.1 Å². The van der Waals surface area contributed by atoms with Crippen LogP contribution in [0, 0.1) is 10.1 Å². The van der Waals surface area contributed by atoms with E-state index in [1.165, 1.54) is 37.6 Å². The number of non-ortho nitro benzene ring substituents is 1. The van der Waals surface area contributed by atoms with Crippen LogP contribution in [0.25, 0.3) is 0 Å². The predicted octanol–water partition coefficient (Wildman–Crippen LogP) is 2.14. The average molecular weight is 392 g/mol. The van der Waals surface area contributed by atoms with Crippen molar-refractivity contribution in [2.24, 2.45) is 0 Å². The molecule has 0 spiro atoms. The van der Waals surface area contributed by atoms with Crippen LogP contribution in [0.3, 0.4) is 0 Å². The van der Waals surface area contributed by atoms with Gasteiger partial charge in [0.25, 0.3) is 11.6 Å². The Labute approximate surface area is 156 Å². The van der Waals surface area contributed by atoms with Gasteiger partial charge in [-0.15, -0.1) is 0 Å². The molecule has 9 nitrogen and oxygen atoms in total. The molecule has 2 aromatic rings. The quantitative estimate of drug-likeness (QED) is 0.435. The van der Waals surface area contributed by atoms with E-state index in [9.17, 15) is 23.9 Å².